The summed E-state index contributed by atoms with van der Waals surface area (Å²) < 4.78 is 0. The van der Waals surface area contributed by atoms with E-state index >= 15 is 0 Å². The highest BCUT2D eigenvalue weighted by molar-refractivity contribution is 8.18. The van der Waals surface area contributed by atoms with Crippen molar-refractivity contribution < 1.29 is 19.9 Å². The third kappa shape index (κ3) is 3.29. The molecule has 1 aliphatic rings. The first-order valence-corrected chi connectivity index (χ1v) is 7.66. The fourth-order valence-corrected chi connectivity index (χ4v) is 3.12. The van der Waals surface area contributed by atoms with Crippen molar-refractivity contribution >= 4 is 34.6 Å². The van der Waals surface area contributed by atoms with Crippen molar-refractivity contribution in [1.82, 2.24) is 4.90 Å². The van der Waals surface area contributed by atoms with Gasteiger partial charge < -0.3 is 10.2 Å². The van der Waals surface area contributed by atoms with Crippen LogP contribution in [-0.4, -0.2) is 44.2 Å². The van der Waals surface area contributed by atoms with Gasteiger partial charge in [-0.25, -0.2) is 0 Å². The normalized spacial score (nSPS) is 18.2. The summed E-state index contributed by atoms with van der Waals surface area (Å²) >= 11 is 1.14. The minimum atomic E-state index is -0.761. The summed E-state index contributed by atoms with van der Waals surface area (Å²) in [6, 6.07) is 1.91. The fraction of sp³-hybridized carbons (Fsp3) is 0.286. The van der Waals surface area contributed by atoms with E-state index in [-0.39, 0.29) is 17.2 Å². The van der Waals surface area contributed by atoms with Gasteiger partial charge in [0.1, 0.15) is 5.75 Å². The molecule has 8 nitrogen and oxygen atoms in total. The number of aliphatic imine (C=N–C) groups is 1. The fourth-order valence-electron chi connectivity index (χ4n) is 2.02. The number of hydrogen-bond acceptors (Lipinski definition) is 7. The number of carbonyl (C=O) groups excluding carboxylic acids is 1. The van der Waals surface area contributed by atoms with Gasteiger partial charge in [0.05, 0.1) is 9.83 Å². The van der Waals surface area contributed by atoms with Gasteiger partial charge in [0.15, 0.2) is 10.9 Å². The van der Waals surface area contributed by atoms with Crippen molar-refractivity contribution in [2.45, 2.75) is 13.8 Å². The van der Waals surface area contributed by atoms with E-state index in [1.54, 1.807) is 0 Å². The molecule has 1 aromatic rings. The molecule has 23 heavy (non-hydrogen) atoms. The van der Waals surface area contributed by atoms with Gasteiger partial charge in [0.2, 0.25) is 0 Å². The lowest BCUT2D eigenvalue weighted by atomic mass is 10.1. The minimum absolute atomic E-state index is 0.0825. The number of phenolic OH excluding ortho intramolecular Hbond substituents is 2. The van der Waals surface area contributed by atoms with Gasteiger partial charge in [-0.05, 0) is 31.7 Å². The first kappa shape index (κ1) is 16.8. The second kappa shape index (κ2) is 6.69. The van der Waals surface area contributed by atoms with Crippen LogP contribution in [0.2, 0.25) is 0 Å². The highest BCUT2D eigenvalue weighted by Gasteiger charge is 2.32. The van der Waals surface area contributed by atoms with E-state index in [1.807, 2.05) is 13.8 Å². The van der Waals surface area contributed by atoms with E-state index in [0.717, 1.165) is 23.9 Å². The number of nitro benzene ring substituents is 1. The molecule has 0 aliphatic carbocycles. The topological polar surface area (TPSA) is 116 Å². The predicted molar refractivity (Wildman–Crippen MR) is 87.4 cm³/mol. The number of benzene rings is 1. The number of hydrogen-bond donors (Lipinski definition) is 2. The molecule has 122 valence electrons. The maximum atomic E-state index is 12.3. The average molecular weight is 337 g/mol. The molecule has 9 heteroatoms. The van der Waals surface area contributed by atoms with Gasteiger partial charge in [0, 0.05) is 30.8 Å². The lowest BCUT2D eigenvalue weighted by Gasteiger charge is -2.11. The number of phenols is 2. The zero-order valence-corrected chi connectivity index (χ0v) is 13.3. The molecule has 1 heterocycles. The second-order valence-electron chi connectivity index (χ2n) is 4.57. The van der Waals surface area contributed by atoms with Crippen LogP contribution in [0.1, 0.15) is 19.4 Å². The van der Waals surface area contributed by atoms with Gasteiger partial charge in [-0.15, -0.1) is 0 Å². The molecule has 1 amide bonds. The van der Waals surface area contributed by atoms with Crippen LogP contribution >= 0.6 is 11.8 Å². The molecule has 1 aliphatic heterocycles. The SMILES string of the molecule is CCN=C1S/C(=C\c2cc([N+](=O)[O-])c(O)cc2O)C(=O)N1CC. The Hall–Kier alpha value is -2.55. The number of aromatic hydroxyl groups is 2. The average Bonchev–Trinajstić information content (AvgIpc) is 2.77. The van der Waals surface area contributed by atoms with Crippen molar-refractivity contribution in [2.75, 3.05) is 13.1 Å². The number of amidine groups is 1. The van der Waals surface area contributed by atoms with E-state index in [9.17, 15) is 25.1 Å². The van der Waals surface area contributed by atoms with Gasteiger partial charge >= 0.3 is 5.69 Å². The molecule has 0 radical (unpaired) electrons. The molecule has 0 spiro atoms. The number of rotatable bonds is 4. The van der Waals surface area contributed by atoms with Crippen LogP contribution in [-0.2, 0) is 4.79 Å². The summed E-state index contributed by atoms with van der Waals surface area (Å²) in [6.45, 7) is 4.64. The van der Waals surface area contributed by atoms with E-state index < -0.39 is 16.4 Å². The number of amides is 1. The number of thioether (sulfide) groups is 1. The van der Waals surface area contributed by atoms with Crippen LogP contribution in [0.15, 0.2) is 22.0 Å². The Morgan fingerprint density at radius 2 is 2.04 bits per heavy atom. The standard InChI is InChI=1S/C14H15N3O5S/c1-3-15-14-16(4-2)13(20)12(23-14)6-8-5-9(17(21)22)11(19)7-10(8)18/h5-7,18-19H,3-4H2,1-2H3/b12-6-,15-14?. The first-order chi connectivity index (χ1) is 10.9. The lowest BCUT2D eigenvalue weighted by molar-refractivity contribution is -0.385. The Balaban J connectivity index is 2.46. The molecular formula is C14H15N3O5S. The zero-order chi connectivity index (χ0) is 17.1. The summed E-state index contributed by atoms with van der Waals surface area (Å²) in [4.78, 5) is 28.4. The monoisotopic (exact) mass is 337 g/mol. The van der Waals surface area contributed by atoms with Gasteiger partial charge in [-0.2, -0.15) is 0 Å². The van der Waals surface area contributed by atoms with E-state index in [4.69, 9.17) is 0 Å². The molecule has 0 aromatic heterocycles. The lowest BCUT2D eigenvalue weighted by Crippen LogP contribution is -2.28. The Morgan fingerprint density at radius 1 is 1.35 bits per heavy atom. The zero-order valence-electron chi connectivity index (χ0n) is 12.5. The van der Waals surface area contributed by atoms with Crippen molar-refractivity contribution in [3.63, 3.8) is 0 Å². The van der Waals surface area contributed by atoms with Crippen molar-refractivity contribution in [1.29, 1.82) is 0 Å². The molecule has 2 rings (SSSR count). The summed E-state index contributed by atoms with van der Waals surface area (Å²) in [7, 11) is 0. The van der Waals surface area contributed by atoms with Crippen molar-refractivity contribution in [3.05, 3.63) is 32.7 Å². The molecule has 2 N–H and O–H groups in total. The molecule has 0 unspecified atom stereocenters. The number of nitro groups is 1. The number of likely N-dealkylation sites (N-methyl/N-ethyl adjacent to an activating group) is 1. The summed E-state index contributed by atoms with van der Waals surface area (Å²) in [5.74, 6) is -1.26. The summed E-state index contributed by atoms with van der Waals surface area (Å²) in [6.07, 6.45) is 1.36. The third-order valence-corrected chi connectivity index (χ3v) is 4.15. The van der Waals surface area contributed by atoms with Gasteiger partial charge in [-0.3, -0.25) is 24.8 Å². The third-order valence-electron chi connectivity index (χ3n) is 3.10. The highest BCUT2D eigenvalue weighted by atomic mass is 32.2. The predicted octanol–water partition coefficient (Wildman–Crippen LogP) is 2.32. The molecule has 1 fully saturated rings. The second-order valence-corrected chi connectivity index (χ2v) is 5.58. The molecule has 1 aromatic carbocycles. The molecule has 0 saturated carbocycles. The molecule has 0 atom stereocenters. The molecular weight excluding hydrogens is 322 g/mol. The van der Waals surface area contributed by atoms with Crippen molar-refractivity contribution in [2.24, 2.45) is 4.99 Å². The number of nitrogens with zero attached hydrogens (tertiary/aromatic N) is 3. The summed E-state index contributed by atoms with van der Waals surface area (Å²) in [5, 5.41) is 30.7. The van der Waals surface area contributed by atoms with Crippen LogP contribution in [0, 0.1) is 10.1 Å². The Bertz CT molecular complexity index is 729. The summed E-state index contributed by atoms with van der Waals surface area (Å²) in [5.41, 5.74) is -0.459. The first-order valence-electron chi connectivity index (χ1n) is 6.85. The Labute approximate surface area is 136 Å². The van der Waals surface area contributed by atoms with Crippen LogP contribution in [0.25, 0.3) is 6.08 Å². The molecule has 0 bridgehead atoms. The minimum Gasteiger partial charge on any atom is -0.507 e. The van der Waals surface area contributed by atoms with Crippen LogP contribution in [0.4, 0.5) is 5.69 Å². The van der Waals surface area contributed by atoms with E-state index in [2.05, 4.69) is 4.99 Å². The van der Waals surface area contributed by atoms with Gasteiger partial charge in [-0.1, -0.05) is 0 Å². The Morgan fingerprint density at radius 3 is 2.61 bits per heavy atom. The van der Waals surface area contributed by atoms with Crippen LogP contribution in [0.3, 0.4) is 0 Å². The largest absolute Gasteiger partial charge is 0.507 e. The highest BCUT2D eigenvalue weighted by Crippen LogP contribution is 2.37. The van der Waals surface area contributed by atoms with Crippen LogP contribution < -0.4 is 0 Å². The number of carbonyl (C=O) groups is 1. The maximum absolute atomic E-state index is 12.3. The Kier molecular flexibility index (Phi) is 4.89. The smallest absolute Gasteiger partial charge is 0.311 e. The van der Waals surface area contributed by atoms with Gasteiger partial charge in [0.25, 0.3) is 5.91 Å². The van der Waals surface area contributed by atoms with E-state index in [1.165, 1.54) is 11.0 Å². The maximum Gasteiger partial charge on any atom is 0.311 e. The quantitative estimate of drug-likeness (QED) is 0.495. The van der Waals surface area contributed by atoms with Crippen molar-refractivity contribution in [3.8, 4) is 11.5 Å². The van der Waals surface area contributed by atoms with E-state index in [0.29, 0.717) is 23.2 Å². The molecule has 1 saturated heterocycles. The van der Waals surface area contributed by atoms with Crippen LogP contribution in [0.5, 0.6) is 11.5 Å².